The lowest BCUT2D eigenvalue weighted by atomic mass is 10.1. The summed E-state index contributed by atoms with van der Waals surface area (Å²) in [5.74, 6) is 0.0430. The summed E-state index contributed by atoms with van der Waals surface area (Å²) in [6.07, 6.45) is 10.1. The number of hydrogen-bond donors (Lipinski definition) is 1. The highest BCUT2D eigenvalue weighted by Gasteiger charge is 2.17. The molecule has 0 spiro atoms. The molecule has 0 radical (unpaired) electrons. The van der Waals surface area contributed by atoms with Crippen LogP contribution in [0.4, 0.5) is 4.39 Å². The SMILES string of the molecule is C=C/C(=C\C=NC)CNC(=O)c1cccc(Oc2ccnc3cc(-c4cnn(C)c4)cc(F)c23)c1C. The molecule has 0 saturated heterocycles. The summed E-state index contributed by atoms with van der Waals surface area (Å²) in [6.45, 7) is 5.85. The third kappa shape index (κ3) is 5.22. The van der Waals surface area contributed by atoms with Gasteiger partial charge in [-0.3, -0.25) is 19.5 Å². The van der Waals surface area contributed by atoms with Gasteiger partial charge in [-0.25, -0.2) is 4.39 Å². The van der Waals surface area contributed by atoms with Crippen molar-refractivity contribution in [3.63, 3.8) is 0 Å². The van der Waals surface area contributed by atoms with Crippen molar-refractivity contribution in [3.05, 3.63) is 96.2 Å². The number of amides is 1. The van der Waals surface area contributed by atoms with Gasteiger partial charge in [-0.15, -0.1) is 0 Å². The first-order valence-corrected chi connectivity index (χ1v) is 11.3. The van der Waals surface area contributed by atoms with Crippen molar-refractivity contribution in [3.8, 4) is 22.6 Å². The number of hydrogen-bond acceptors (Lipinski definition) is 5. The lowest BCUT2D eigenvalue weighted by molar-refractivity contribution is 0.0956. The molecule has 0 aliphatic carbocycles. The second-order valence-electron chi connectivity index (χ2n) is 8.13. The third-order valence-electron chi connectivity index (χ3n) is 5.70. The molecule has 1 amide bonds. The van der Waals surface area contributed by atoms with Crippen molar-refractivity contribution < 1.29 is 13.9 Å². The minimum Gasteiger partial charge on any atom is -0.456 e. The summed E-state index contributed by atoms with van der Waals surface area (Å²) >= 11 is 0. The Morgan fingerprint density at radius 3 is 2.81 bits per heavy atom. The van der Waals surface area contributed by atoms with Gasteiger partial charge in [0.25, 0.3) is 5.91 Å². The molecule has 1 N–H and O–H groups in total. The Morgan fingerprint density at radius 1 is 1.25 bits per heavy atom. The van der Waals surface area contributed by atoms with Crippen molar-refractivity contribution in [1.29, 1.82) is 0 Å². The fourth-order valence-electron chi connectivity index (χ4n) is 3.76. The molecule has 36 heavy (non-hydrogen) atoms. The maximum Gasteiger partial charge on any atom is 0.251 e. The van der Waals surface area contributed by atoms with E-state index in [4.69, 9.17) is 4.74 Å². The van der Waals surface area contributed by atoms with E-state index >= 15 is 4.39 Å². The molecule has 0 fully saturated rings. The number of halogens is 1. The average molecular weight is 484 g/mol. The smallest absolute Gasteiger partial charge is 0.251 e. The van der Waals surface area contributed by atoms with Crippen molar-refractivity contribution >= 4 is 23.0 Å². The van der Waals surface area contributed by atoms with Crippen LogP contribution in [0.3, 0.4) is 0 Å². The zero-order chi connectivity index (χ0) is 25.7. The molecule has 2 aromatic heterocycles. The molecular weight excluding hydrogens is 457 g/mol. The normalized spacial score (nSPS) is 11.7. The van der Waals surface area contributed by atoms with Gasteiger partial charge in [0.1, 0.15) is 17.3 Å². The molecule has 182 valence electrons. The molecular formula is C28H26FN5O2. The molecule has 0 saturated carbocycles. The van der Waals surface area contributed by atoms with Crippen LogP contribution in [-0.4, -0.2) is 40.5 Å². The average Bonchev–Trinajstić information content (AvgIpc) is 3.31. The topological polar surface area (TPSA) is 81.4 Å². The molecule has 0 aliphatic heterocycles. The minimum atomic E-state index is -0.458. The fraction of sp³-hybridized carbons (Fsp3) is 0.143. The summed E-state index contributed by atoms with van der Waals surface area (Å²) < 4.78 is 23.1. The first-order valence-electron chi connectivity index (χ1n) is 11.3. The molecule has 0 unspecified atom stereocenters. The van der Waals surface area contributed by atoms with E-state index in [-0.39, 0.29) is 11.3 Å². The van der Waals surface area contributed by atoms with Crippen LogP contribution in [0, 0.1) is 12.7 Å². The van der Waals surface area contributed by atoms with Gasteiger partial charge < -0.3 is 10.1 Å². The summed E-state index contributed by atoms with van der Waals surface area (Å²) in [5.41, 5.74) is 3.83. The lowest BCUT2D eigenvalue weighted by Crippen LogP contribution is -2.26. The van der Waals surface area contributed by atoms with Crippen LogP contribution < -0.4 is 10.1 Å². The van der Waals surface area contributed by atoms with Crippen molar-refractivity contribution in [2.45, 2.75) is 6.92 Å². The zero-order valence-electron chi connectivity index (χ0n) is 20.3. The second kappa shape index (κ2) is 10.8. The van der Waals surface area contributed by atoms with E-state index in [1.165, 1.54) is 6.07 Å². The molecule has 0 aliphatic rings. The Morgan fingerprint density at radius 2 is 2.08 bits per heavy atom. The molecule has 4 rings (SSSR count). The van der Waals surface area contributed by atoms with Gasteiger partial charge in [0.2, 0.25) is 0 Å². The maximum absolute atomic E-state index is 15.3. The molecule has 0 bridgehead atoms. The standard InChI is InChI=1S/C28H26FN5O2/c1-5-19(9-11-30-3)15-32-28(35)22-7-6-8-25(18(22)2)36-26-10-12-31-24-14-20(13-23(29)27(24)26)21-16-33-34(4)17-21/h5-14,16-17H,1,15H2,2-4H3,(H,32,35)/b19-9+,30-11?. The summed E-state index contributed by atoms with van der Waals surface area (Å²) in [4.78, 5) is 21.1. The van der Waals surface area contributed by atoms with E-state index in [0.29, 0.717) is 40.3 Å². The second-order valence-corrected chi connectivity index (χ2v) is 8.13. The molecule has 2 aromatic carbocycles. The van der Waals surface area contributed by atoms with Gasteiger partial charge in [-0.1, -0.05) is 18.7 Å². The largest absolute Gasteiger partial charge is 0.456 e. The zero-order valence-corrected chi connectivity index (χ0v) is 20.3. The van der Waals surface area contributed by atoms with Gasteiger partial charge in [0.15, 0.2) is 0 Å². The predicted octanol–water partition coefficient (Wildman–Crippen LogP) is 5.42. The lowest BCUT2D eigenvalue weighted by Gasteiger charge is -2.14. The van der Waals surface area contributed by atoms with Gasteiger partial charge >= 0.3 is 0 Å². The van der Waals surface area contributed by atoms with Gasteiger partial charge in [0, 0.05) is 55.9 Å². The van der Waals surface area contributed by atoms with E-state index in [9.17, 15) is 4.79 Å². The van der Waals surface area contributed by atoms with E-state index < -0.39 is 5.82 Å². The Labute approximate surface area is 208 Å². The predicted molar refractivity (Wildman–Crippen MR) is 140 cm³/mol. The van der Waals surface area contributed by atoms with Crippen LogP contribution in [0.5, 0.6) is 11.5 Å². The van der Waals surface area contributed by atoms with Crippen LogP contribution in [0.15, 0.2) is 84.3 Å². The highest BCUT2D eigenvalue weighted by Crippen LogP contribution is 2.35. The number of aryl methyl sites for hydroxylation is 1. The van der Waals surface area contributed by atoms with Gasteiger partial charge in [-0.2, -0.15) is 5.10 Å². The minimum absolute atomic E-state index is 0.258. The Kier molecular flexibility index (Phi) is 7.34. The van der Waals surface area contributed by atoms with E-state index in [2.05, 4.69) is 27.0 Å². The maximum atomic E-state index is 15.3. The Balaban J connectivity index is 1.62. The number of fused-ring (bicyclic) bond motifs is 1. The number of aliphatic imine (C=N–C) groups is 1. The quantitative estimate of drug-likeness (QED) is 0.268. The number of nitrogens with one attached hydrogen (secondary N) is 1. The number of rotatable bonds is 8. The summed E-state index contributed by atoms with van der Waals surface area (Å²) in [5, 5.41) is 7.29. The van der Waals surface area contributed by atoms with Crippen LogP contribution in [-0.2, 0) is 7.05 Å². The number of benzene rings is 2. The first kappa shape index (κ1) is 24.5. The Bertz CT molecular complexity index is 1500. The van der Waals surface area contributed by atoms with E-state index in [1.807, 2.05) is 6.20 Å². The molecule has 8 heteroatoms. The van der Waals surface area contributed by atoms with Crippen LogP contribution in [0.2, 0.25) is 0 Å². The van der Waals surface area contributed by atoms with Crippen molar-refractivity contribution in [1.82, 2.24) is 20.1 Å². The number of carbonyl (C=O) groups is 1. The first-order chi connectivity index (χ1) is 17.4. The fourth-order valence-corrected chi connectivity index (χ4v) is 3.76. The van der Waals surface area contributed by atoms with Gasteiger partial charge in [0.05, 0.1) is 17.1 Å². The third-order valence-corrected chi connectivity index (χ3v) is 5.70. The van der Waals surface area contributed by atoms with Crippen LogP contribution in [0.25, 0.3) is 22.0 Å². The van der Waals surface area contributed by atoms with Crippen LogP contribution in [0.1, 0.15) is 15.9 Å². The molecule has 7 nitrogen and oxygen atoms in total. The number of nitrogens with zero attached hydrogens (tertiary/aromatic N) is 4. The number of allylic oxidation sites excluding steroid dienone is 1. The summed E-state index contributed by atoms with van der Waals surface area (Å²) in [6, 6.07) is 10.0. The summed E-state index contributed by atoms with van der Waals surface area (Å²) in [7, 11) is 3.47. The Hall–Kier alpha value is -4.59. The monoisotopic (exact) mass is 483 g/mol. The molecule has 0 atom stereocenters. The number of ether oxygens (including phenoxy) is 1. The number of pyridine rings is 1. The highest BCUT2D eigenvalue weighted by molar-refractivity contribution is 5.96. The van der Waals surface area contributed by atoms with Gasteiger partial charge in [-0.05, 0) is 54.5 Å². The number of carbonyl (C=O) groups excluding carboxylic acids is 1. The number of aromatic nitrogens is 3. The highest BCUT2D eigenvalue weighted by atomic mass is 19.1. The van der Waals surface area contributed by atoms with E-state index in [1.54, 1.807) is 86.8 Å². The molecule has 2 heterocycles. The molecule has 4 aromatic rings. The van der Waals surface area contributed by atoms with Crippen molar-refractivity contribution in [2.75, 3.05) is 13.6 Å². The van der Waals surface area contributed by atoms with Crippen LogP contribution >= 0.6 is 0 Å². The van der Waals surface area contributed by atoms with E-state index in [0.717, 1.165) is 11.1 Å². The van der Waals surface area contributed by atoms with Crippen molar-refractivity contribution in [2.24, 2.45) is 12.0 Å².